The van der Waals surface area contributed by atoms with Gasteiger partial charge in [-0.3, -0.25) is 9.59 Å². The van der Waals surface area contributed by atoms with Gasteiger partial charge in [0.05, 0.1) is 21.5 Å². The van der Waals surface area contributed by atoms with Crippen molar-refractivity contribution < 1.29 is 18.0 Å². The molecule has 2 heterocycles. The lowest BCUT2D eigenvalue weighted by Crippen LogP contribution is -2.35. The molecule has 0 aliphatic carbocycles. The molecule has 7 nitrogen and oxygen atoms in total. The summed E-state index contributed by atoms with van der Waals surface area (Å²) in [6.07, 6.45) is 2.82. The molecule has 164 valence electrons. The van der Waals surface area contributed by atoms with Gasteiger partial charge in [-0.05, 0) is 43.2 Å². The lowest BCUT2D eigenvalue weighted by Gasteiger charge is -2.26. The van der Waals surface area contributed by atoms with Gasteiger partial charge in [0, 0.05) is 31.7 Å². The Kier molecular flexibility index (Phi) is 6.31. The largest absolute Gasteiger partial charge is 0.326 e. The van der Waals surface area contributed by atoms with Crippen molar-refractivity contribution in [3.05, 3.63) is 53.6 Å². The van der Waals surface area contributed by atoms with Crippen LogP contribution in [0.2, 0.25) is 5.02 Å². The molecule has 2 aliphatic rings. The fraction of sp³-hybridized carbons (Fsp3) is 0.364. The molecule has 2 saturated heterocycles. The first-order valence-electron chi connectivity index (χ1n) is 10.3. The van der Waals surface area contributed by atoms with Crippen LogP contribution >= 0.6 is 11.6 Å². The summed E-state index contributed by atoms with van der Waals surface area (Å²) < 4.78 is 27.3. The van der Waals surface area contributed by atoms with Crippen molar-refractivity contribution in [2.75, 3.05) is 29.9 Å². The molecule has 2 aromatic carbocycles. The Hall–Kier alpha value is -2.42. The van der Waals surface area contributed by atoms with Crippen LogP contribution in [-0.2, 0) is 19.6 Å². The maximum atomic E-state index is 12.9. The highest BCUT2D eigenvalue weighted by Gasteiger charge is 2.36. The predicted octanol–water partition coefficient (Wildman–Crippen LogP) is 3.51. The second-order valence-electron chi connectivity index (χ2n) is 7.84. The number of carbonyl (C=O) groups excluding carboxylic acids is 2. The van der Waals surface area contributed by atoms with Crippen molar-refractivity contribution in [2.24, 2.45) is 5.92 Å². The number of para-hydroxylation sites is 1. The number of halogens is 1. The number of anilines is 2. The first-order chi connectivity index (χ1) is 14.9. The Labute approximate surface area is 187 Å². The zero-order valence-electron chi connectivity index (χ0n) is 17.0. The summed E-state index contributed by atoms with van der Waals surface area (Å²) in [6.45, 7) is 1.25. The molecule has 0 saturated carbocycles. The average molecular weight is 462 g/mol. The molecule has 1 atom stereocenters. The monoisotopic (exact) mass is 461 g/mol. The van der Waals surface area contributed by atoms with E-state index in [1.807, 2.05) is 0 Å². The molecule has 1 N–H and O–H groups in total. The third-order valence-electron chi connectivity index (χ3n) is 5.69. The molecule has 4 rings (SSSR count). The Morgan fingerprint density at radius 3 is 2.52 bits per heavy atom. The van der Waals surface area contributed by atoms with Crippen molar-refractivity contribution in [2.45, 2.75) is 30.6 Å². The third kappa shape index (κ3) is 4.61. The van der Waals surface area contributed by atoms with Gasteiger partial charge in [-0.1, -0.05) is 36.2 Å². The topological polar surface area (TPSA) is 86.8 Å². The lowest BCUT2D eigenvalue weighted by atomic mass is 10.1. The fourth-order valence-electron chi connectivity index (χ4n) is 4.02. The number of amides is 2. The Bertz CT molecular complexity index is 1100. The lowest BCUT2D eigenvalue weighted by molar-refractivity contribution is -0.122. The normalized spacial score (nSPS) is 20.1. The van der Waals surface area contributed by atoms with Crippen LogP contribution in [0.15, 0.2) is 53.4 Å². The highest BCUT2D eigenvalue weighted by atomic mass is 35.5. The molecule has 9 heteroatoms. The Morgan fingerprint density at radius 1 is 1.03 bits per heavy atom. The van der Waals surface area contributed by atoms with Gasteiger partial charge < -0.3 is 10.2 Å². The quantitative estimate of drug-likeness (QED) is 0.738. The van der Waals surface area contributed by atoms with Crippen molar-refractivity contribution in [3.8, 4) is 0 Å². The SMILES string of the molecule is O=C(Nc1cccc(S(=O)(=O)N2CCCCC2)c1)[C@H]1CC(=O)N(c2ccccc2Cl)C1. The molecule has 0 spiro atoms. The molecule has 2 aromatic rings. The van der Waals surface area contributed by atoms with E-state index in [1.54, 1.807) is 36.4 Å². The molecule has 2 aliphatic heterocycles. The summed E-state index contributed by atoms with van der Waals surface area (Å²) in [5.41, 5.74) is 0.978. The van der Waals surface area contributed by atoms with Crippen molar-refractivity contribution in [3.63, 3.8) is 0 Å². The number of nitrogens with zero attached hydrogens (tertiary/aromatic N) is 2. The van der Waals surface area contributed by atoms with Gasteiger partial charge in [0.1, 0.15) is 0 Å². The number of hydrogen-bond donors (Lipinski definition) is 1. The van der Waals surface area contributed by atoms with E-state index in [1.165, 1.54) is 21.3 Å². The molecule has 0 radical (unpaired) electrons. The van der Waals surface area contributed by atoms with Gasteiger partial charge in [0.15, 0.2) is 0 Å². The zero-order chi connectivity index (χ0) is 22.0. The first-order valence-corrected chi connectivity index (χ1v) is 12.1. The van der Waals surface area contributed by atoms with Crippen molar-refractivity contribution in [1.29, 1.82) is 0 Å². The van der Waals surface area contributed by atoms with Gasteiger partial charge in [-0.2, -0.15) is 4.31 Å². The van der Waals surface area contributed by atoms with E-state index in [0.717, 1.165) is 19.3 Å². The standard InChI is InChI=1S/C22H24ClN3O4S/c23-19-9-2-3-10-20(19)26-15-16(13-21(26)27)22(28)24-17-7-6-8-18(14-17)31(29,30)25-11-4-1-5-12-25/h2-3,6-10,14,16H,1,4-5,11-13,15H2,(H,24,28)/t16-/m0/s1. The van der Waals surface area contributed by atoms with Crippen LogP contribution in [0.25, 0.3) is 0 Å². The molecule has 0 unspecified atom stereocenters. The van der Waals surface area contributed by atoms with E-state index in [0.29, 0.717) is 29.5 Å². The second kappa shape index (κ2) is 8.98. The van der Waals surface area contributed by atoms with Crippen LogP contribution < -0.4 is 10.2 Å². The maximum Gasteiger partial charge on any atom is 0.243 e. The van der Waals surface area contributed by atoms with Crippen LogP contribution in [0.5, 0.6) is 0 Å². The third-order valence-corrected chi connectivity index (χ3v) is 7.91. The molecular formula is C22H24ClN3O4S. The average Bonchev–Trinajstić information content (AvgIpc) is 3.16. The summed E-state index contributed by atoms with van der Waals surface area (Å²) in [7, 11) is -3.59. The van der Waals surface area contributed by atoms with Crippen LogP contribution in [0.3, 0.4) is 0 Å². The van der Waals surface area contributed by atoms with Gasteiger partial charge in [0.2, 0.25) is 21.8 Å². The van der Waals surface area contributed by atoms with Crippen LogP contribution in [0, 0.1) is 5.92 Å². The van der Waals surface area contributed by atoms with Crippen LogP contribution in [-0.4, -0.2) is 44.2 Å². The molecular weight excluding hydrogens is 438 g/mol. The number of benzene rings is 2. The number of carbonyl (C=O) groups is 2. The maximum absolute atomic E-state index is 12.9. The van der Waals surface area contributed by atoms with Crippen molar-refractivity contribution in [1.82, 2.24) is 4.31 Å². The summed E-state index contributed by atoms with van der Waals surface area (Å²) in [6, 6.07) is 13.3. The minimum atomic E-state index is -3.59. The van der Waals surface area contributed by atoms with E-state index >= 15 is 0 Å². The summed E-state index contributed by atoms with van der Waals surface area (Å²) in [4.78, 5) is 26.9. The number of piperidine rings is 1. The number of rotatable bonds is 5. The van der Waals surface area contributed by atoms with Gasteiger partial charge in [-0.25, -0.2) is 8.42 Å². The summed E-state index contributed by atoms with van der Waals surface area (Å²) in [5.74, 6) is -1.05. The highest BCUT2D eigenvalue weighted by molar-refractivity contribution is 7.89. The molecule has 31 heavy (non-hydrogen) atoms. The Balaban J connectivity index is 1.46. The molecule has 0 bridgehead atoms. The highest BCUT2D eigenvalue weighted by Crippen LogP contribution is 2.31. The smallest absolute Gasteiger partial charge is 0.243 e. The van der Waals surface area contributed by atoms with Gasteiger partial charge in [0.25, 0.3) is 0 Å². The van der Waals surface area contributed by atoms with E-state index in [-0.39, 0.29) is 29.7 Å². The summed E-state index contributed by atoms with van der Waals surface area (Å²) in [5, 5.41) is 3.22. The van der Waals surface area contributed by atoms with E-state index in [4.69, 9.17) is 11.6 Å². The van der Waals surface area contributed by atoms with Crippen molar-refractivity contribution >= 4 is 44.8 Å². The van der Waals surface area contributed by atoms with Crippen LogP contribution in [0.1, 0.15) is 25.7 Å². The fourth-order valence-corrected chi connectivity index (χ4v) is 5.82. The van der Waals surface area contributed by atoms with Gasteiger partial charge in [-0.15, -0.1) is 0 Å². The molecule has 2 fully saturated rings. The van der Waals surface area contributed by atoms with Gasteiger partial charge >= 0.3 is 0 Å². The minimum Gasteiger partial charge on any atom is -0.326 e. The van der Waals surface area contributed by atoms with E-state index in [9.17, 15) is 18.0 Å². The predicted molar refractivity (Wildman–Crippen MR) is 120 cm³/mol. The number of sulfonamides is 1. The first kappa shape index (κ1) is 21.8. The second-order valence-corrected chi connectivity index (χ2v) is 10.2. The summed E-state index contributed by atoms with van der Waals surface area (Å²) >= 11 is 6.20. The number of nitrogens with one attached hydrogen (secondary N) is 1. The van der Waals surface area contributed by atoms with Crippen LogP contribution in [0.4, 0.5) is 11.4 Å². The minimum absolute atomic E-state index is 0.0722. The molecule has 2 amide bonds. The zero-order valence-corrected chi connectivity index (χ0v) is 18.5. The van der Waals surface area contributed by atoms with E-state index in [2.05, 4.69) is 5.32 Å². The number of hydrogen-bond acceptors (Lipinski definition) is 4. The van der Waals surface area contributed by atoms with E-state index < -0.39 is 15.9 Å². The Morgan fingerprint density at radius 2 is 1.77 bits per heavy atom. The molecule has 0 aromatic heterocycles.